The molecule has 288 valence electrons. The first-order valence-electron chi connectivity index (χ1n) is 18.7. The summed E-state index contributed by atoms with van der Waals surface area (Å²) < 4.78 is 20.5. The van der Waals surface area contributed by atoms with Gasteiger partial charge in [0.25, 0.3) is 11.8 Å². The van der Waals surface area contributed by atoms with Gasteiger partial charge in [0.1, 0.15) is 17.1 Å². The maximum atomic E-state index is 15.3. The Hall–Kier alpha value is -6.11. The number of carbonyl (C=O) groups excluding carboxylic acids is 4. The fourth-order valence-corrected chi connectivity index (χ4v) is 10.3. The quantitative estimate of drug-likeness (QED) is 0.125. The standard InChI is InChI=1S/C45H31BrClFN4O6/c46-25-9-20-36(53)33(21-25)39-30-18-19-31-38(43(56)51(41(31)54)29-16-5-23(6-17-29)40-49-35-3-1-2-4-37(35)58-40)32(30)22-34-42(55)52(50-28-14-12-27(48)13-15-28)44(57)45(34,39)24-7-10-26(47)11-8-24/h1-18,20-21,31-32,34,38-39,50,53H,19,22H2. The molecule has 5 aromatic carbocycles. The number of nitrogens with zero attached hydrogens (tertiary/aromatic N) is 3. The number of carbonyl (C=O) groups is 4. The molecule has 0 radical (unpaired) electrons. The third kappa shape index (κ3) is 5.38. The highest BCUT2D eigenvalue weighted by atomic mass is 79.9. The van der Waals surface area contributed by atoms with Crippen LogP contribution in [0, 0.1) is 29.5 Å². The molecular formula is C45H31BrClFN4O6. The molecule has 0 spiro atoms. The summed E-state index contributed by atoms with van der Waals surface area (Å²) in [5, 5.41) is 13.0. The van der Waals surface area contributed by atoms with E-state index in [1.54, 1.807) is 60.7 Å². The number of benzene rings is 5. The van der Waals surface area contributed by atoms with Crippen LogP contribution in [0.3, 0.4) is 0 Å². The van der Waals surface area contributed by atoms with Crippen LogP contribution in [0.5, 0.6) is 5.75 Å². The number of rotatable bonds is 6. The predicted octanol–water partition coefficient (Wildman–Crippen LogP) is 8.94. The number of phenols is 1. The number of aromatic hydroxyl groups is 1. The topological polar surface area (TPSA) is 133 Å². The van der Waals surface area contributed by atoms with Gasteiger partial charge in [-0.25, -0.2) is 9.37 Å². The van der Waals surface area contributed by atoms with Crippen molar-refractivity contribution in [2.45, 2.75) is 24.2 Å². The minimum atomic E-state index is -1.63. The fourth-order valence-electron chi connectivity index (χ4n) is 9.76. The summed E-state index contributed by atoms with van der Waals surface area (Å²) in [6, 6.07) is 31.2. The number of aromatic nitrogens is 1. The number of amides is 4. The number of imide groups is 2. The van der Waals surface area contributed by atoms with E-state index in [2.05, 4.69) is 26.3 Å². The first-order chi connectivity index (χ1) is 28.0. The van der Waals surface area contributed by atoms with E-state index in [9.17, 15) is 23.9 Å². The second-order valence-corrected chi connectivity index (χ2v) is 16.5. The van der Waals surface area contributed by atoms with Crippen molar-refractivity contribution in [1.82, 2.24) is 9.99 Å². The van der Waals surface area contributed by atoms with Crippen LogP contribution in [0.25, 0.3) is 22.6 Å². The lowest BCUT2D eigenvalue weighted by molar-refractivity contribution is -0.138. The molecule has 1 aromatic heterocycles. The average molecular weight is 858 g/mol. The van der Waals surface area contributed by atoms with Gasteiger partial charge in [0, 0.05) is 26.5 Å². The van der Waals surface area contributed by atoms with Gasteiger partial charge in [0.05, 0.1) is 34.5 Å². The summed E-state index contributed by atoms with van der Waals surface area (Å²) in [4.78, 5) is 65.1. The Labute approximate surface area is 344 Å². The number of hydrazine groups is 1. The van der Waals surface area contributed by atoms with Crippen LogP contribution in [-0.4, -0.2) is 38.7 Å². The van der Waals surface area contributed by atoms with Gasteiger partial charge in [-0.1, -0.05) is 63.4 Å². The van der Waals surface area contributed by atoms with Gasteiger partial charge in [-0.15, -0.1) is 0 Å². The highest BCUT2D eigenvalue weighted by Crippen LogP contribution is 2.65. The highest BCUT2D eigenvalue weighted by Gasteiger charge is 2.70. The smallest absolute Gasteiger partial charge is 0.260 e. The van der Waals surface area contributed by atoms with E-state index in [1.165, 1.54) is 35.2 Å². The largest absolute Gasteiger partial charge is 0.508 e. The first-order valence-corrected chi connectivity index (χ1v) is 19.9. The van der Waals surface area contributed by atoms with Crippen molar-refractivity contribution in [2.75, 3.05) is 10.3 Å². The number of hydrogen-bond donors (Lipinski definition) is 2. The first kappa shape index (κ1) is 36.2. The molecule has 4 aliphatic rings. The van der Waals surface area contributed by atoms with Crippen LogP contribution in [0.4, 0.5) is 15.8 Å². The van der Waals surface area contributed by atoms with Crippen molar-refractivity contribution in [3.05, 3.63) is 153 Å². The van der Waals surface area contributed by atoms with Crippen molar-refractivity contribution < 1.29 is 33.1 Å². The second-order valence-electron chi connectivity index (χ2n) is 15.1. The van der Waals surface area contributed by atoms with Gasteiger partial charge < -0.3 is 9.52 Å². The van der Waals surface area contributed by atoms with Gasteiger partial charge in [0.2, 0.25) is 17.7 Å². The van der Waals surface area contributed by atoms with Crippen LogP contribution in [0.2, 0.25) is 5.02 Å². The summed E-state index contributed by atoms with van der Waals surface area (Å²) in [6.07, 6.45) is 2.17. The number of halogens is 3. The molecule has 6 aromatic rings. The number of anilines is 2. The number of nitrogens with one attached hydrogen (secondary N) is 1. The average Bonchev–Trinajstić information content (AvgIpc) is 3.84. The Morgan fingerprint density at radius 3 is 2.34 bits per heavy atom. The molecule has 6 unspecified atom stereocenters. The van der Waals surface area contributed by atoms with Crippen LogP contribution in [0.15, 0.2) is 136 Å². The van der Waals surface area contributed by atoms with Crippen molar-refractivity contribution in [1.29, 1.82) is 0 Å². The van der Waals surface area contributed by atoms with Gasteiger partial charge in [-0.05, 0) is 115 Å². The third-order valence-corrected chi connectivity index (χ3v) is 13.0. The molecule has 10 rings (SSSR count). The zero-order valence-corrected chi connectivity index (χ0v) is 32.7. The van der Waals surface area contributed by atoms with E-state index >= 15 is 4.79 Å². The second kappa shape index (κ2) is 13.5. The van der Waals surface area contributed by atoms with Crippen LogP contribution in [0.1, 0.15) is 29.9 Å². The molecule has 1 saturated carbocycles. The number of oxazole rings is 1. The van der Waals surface area contributed by atoms with Crippen LogP contribution < -0.4 is 10.3 Å². The van der Waals surface area contributed by atoms with E-state index in [4.69, 9.17) is 16.0 Å². The Bertz CT molecular complexity index is 2710. The van der Waals surface area contributed by atoms with Gasteiger partial charge in [-0.2, -0.15) is 5.01 Å². The van der Waals surface area contributed by atoms with E-state index in [0.717, 1.165) is 5.01 Å². The highest BCUT2D eigenvalue weighted by molar-refractivity contribution is 9.10. The Kier molecular flexibility index (Phi) is 8.43. The lowest BCUT2D eigenvalue weighted by atomic mass is 9.49. The van der Waals surface area contributed by atoms with Crippen molar-refractivity contribution in [3.8, 4) is 17.2 Å². The molecule has 3 heterocycles. The zero-order chi connectivity index (χ0) is 40.0. The van der Waals surface area contributed by atoms with Crippen LogP contribution in [-0.2, 0) is 24.6 Å². The van der Waals surface area contributed by atoms with E-state index in [-0.39, 0.29) is 24.5 Å². The zero-order valence-electron chi connectivity index (χ0n) is 30.3. The van der Waals surface area contributed by atoms with Crippen LogP contribution >= 0.6 is 27.5 Å². The summed E-state index contributed by atoms with van der Waals surface area (Å²) in [6.45, 7) is 0. The Morgan fingerprint density at radius 1 is 0.862 bits per heavy atom. The molecule has 13 heteroatoms. The summed E-state index contributed by atoms with van der Waals surface area (Å²) in [7, 11) is 0. The lowest BCUT2D eigenvalue weighted by Crippen LogP contribution is -2.53. The monoisotopic (exact) mass is 856 g/mol. The third-order valence-electron chi connectivity index (χ3n) is 12.2. The maximum absolute atomic E-state index is 15.3. The summed E-state index contributed by atoms with van der Waals surface area (Å²) in [5.41, 5.74) is 5.56. The fraction of sp³-hybridized carbons (Fsp3) is 0.178. The molecule has 2 aliphatic carbocycles. The van der Waals surface area contributed by atoms with E-state index in [1.807, 2.05) is 30.3 Å². The van der Waals surface area contributed by atoms with Crippen molar-refractivity contribution >= 4 is 73.6 Å². The van der Waals surface area contributed by atoms with Crippen molar-refractivity contribution in [3.63, 3.8) is 0 Å². The molecule has 2 N–H and O–H groups in total. The number of phenolic OH excluding ortho intramolecular Hbond substituents is 1. The number of allylic oxidation sites excluding steroid dienone is 2. The summed E-state index contributed by atoms with van der Waals surface area (Å²) >= 11 is 9.93. The number of para-hydroxylation sites is 2. The predicted molar refractivity (Wildman–Crippen MR) is 217 cm³/mol. The number of hydrogen-bond acceptors (Lipinski definition) is 8. The van der Waals surface area contributed by atoms with Crippen molar-refractivity contribution in [2.24, 2.45) is 23.7 Å². The minimum absolute atomic E-state index is 0.0522. The molecule has 2 aliphatic heterocycles. The molecule has 4 amide bonds. The Balaban J connectivity index is 1.08. The molecule has 3 fully saturated rings. The molecule has 0 bridgehead atoms. The van der Waals surface area contributed by atoms with Gasteiger partial charge >= 0.3 is 0 Å². The maximum Gasteiger partial charge on any atom is 0.260 e. The molecule has 2 saturated heterocycles. The van der Waals surface area contributed by atoms with Gasteiger partial charge in [0.15, 0.2) is 5.58 Å². The van der Waals surface area contributed by atoms with E-state index in [0.29, 0.717) is 60.1 Å². The number of fused-ring (bicyclic) bond motifs is 5. The SMILES string of the molecule is O=C1C2CC3C(=CCC4C(=O)N(c5ccc(-c6nc7ccccc7o6)cc5)C(=O)C43)C(c3cc(Br)ccc3O)C2(c2ccc(Cl)cc2)C(=O)N1Nc1ccc(F)cc1. The summed E-state index contributed by atoms with van der Waals surface area (Å²) in [5.74, 6) is -6.37. The normalized spacial score (nSPS) is 25.2. The molecular weight excluding hydrogens is 827 g/mol. The molecule has 58 heavy (non-hydrogen) atoms. The van der Waals surface area contributed by atoms with E-state index < -0.39 is 58.5 Å². The molecule has 6 atom stereocenters. The molecule has 10 nitrogen and oxygen atoms in total. The lowest BCUT2D eigenvalue weighted by Gasteiger charge is -2.50. The van der Waals surface area contributed by atoms with Gasteiger partial charge in [-0.3, -0.25) is 29.5 Å². The minimum Gasteiger partial charge on any atom is -0.508 e. The Morgan fingerprint density at radius 2 is 1.60 bits per heavy atom.